The number of rotatable bonds is 6. The van der Waals surface area contributed by atoms with Crippen LogP contribution in [-0.2, 0) is 6.54 Å². The summed E-state index contributed by atoms with van der Waals surface area (Å²) < 4.78 is 0. The van der Waals surface area contributed by atoms with Gasteiger partial charge in [0.1, 0.15) is 0 Å². The highest BCUT2D eigenvalue weighted by atomic mass is 127. The van der Waals surface area contributed by atoms with E-state index >= 15 is 0 Å². The highest BCUT2D eigenvalue weighted by Crippen LogP contribution is 2.00. The minimum atomic E-state index is -0.0648. The minimum Gasteiger partial charge on any atom is -0.354 e. The van der Waals surface area contributed by atoms with Crippen LogP contribution in [0.15, 0.2) is 65.7 Å². The van der Waals surface area contributed by atoms with E-state index in [1.807, 2.05) is 55.4 Å². The largest absolute Gasteiger partial charge is 0.354 e. The number of carbonyl (C=O) groups is 1. The molecule has 0 aliphatic carbocycles. The van der Waals surface area contributed by atoms with Crippen molar-refractivity contribution in [3.8, 4) is 0 Å². The fourth-order valence-electron chi connectivity index (χ4n) is 2.15. The number of aliphatic imine (C=N–C) groups is 1. The van der Waals surface area contributed by atoms with Crippen molar-refractivity contribution < 1.29 is 4.79 Å². The van der Waals surface area contributed by atoms with Gasteiger partial charge in [-0.25, -0.2) is 4.99 Å². The van der Waals surface area contributed by atoms with Crippen LogP contribution in [-0.4, -0.2) is 44.0 Å². The van der Waals surface area contributed by atoms with Crippen molar-refractivity contribution in [2.45, 2.75) is 6.54 Å². The average Bonchev–Trinajstić information content (AvgIpc) is 2.62. The first kappa shape index (κ1) is 21.0. The van der Waals surface area contributed by atoms with Gasteiger partial charge >= 0.3 is 0 Å². The van der Waals surface area contributed by atoms with E-state index in [9.17, 15) is 4.79 Å². The van der Waals surface area contributed by atoms with E-state index in [4.69, 9.17) is 0 Å². The van der Waals surface area contributed by atoms with Gasteiger partial charge in [-0.3, -0.25) is 4.79 Å². The second kappa shape index (κ2) is 11.5. The zero-order chi connectivity index (χ0) is 17.2. The lowest BCUT2D eigenvalue weighted by Gasteiger charge is -2.18. The second-order valence-electron chi connectivity index (χ2n) is 5.57. The molecular weight excluding hydrogens is 427 g/mol. The average molecular weight is 452 g/mol. The van der Waals surface area contributed by atoms with Crippen LogP contribution in [0.25, 0.3) is 0 Å². The lowest BCUT2D eigenvalue weighted by atomic mass is 10.2. The number of hydrogen-bond acceptors (Lipinski definition) is 2. The zero-order valence-electron chi connectivity index (χ0n) is 14.6. The Balaban J connectivity index is 0.00000312. The summed E-state index contributed by atoms with van der Waals surface area (Å²) >= 11 is 0. The van der Waals surface area contributed by atoms with Gasteiger partial charge in [0.15, 0.2) is 5.96 Å². The van der Waals surface area contributed by atoms with Crippen molar-refractivity contribution in [3.05, 3.63) is 71.8 Å². The van der Waals surface area contributed by atoms with E-state index < -0.39 is 0 Å². The topological polar surface area (TPSA) is 56.7 Å². The standard InChI is InChI=1S/C19H24N4O.HI/c1-23(2)19(22-15-16-9-5-3-6-10-16)21-14-13-20-18(24)17-11-7-4-8-12-17;/h3-12H,13-15H2,1-2H3,(H,20,24)(H,21,22);1H. The lowest BCUT2D eigenvalue weighted by Crippen LogP contribution is -2.41. The first-order valence-corrected chi connectivity index (χ1v) is 7.99. The summed E-state index contributed by atoms with van der Waals surface area (Å²) in [5.74, 6) is 0.734. The van der Waals surface area contributed by atoms with Crippen molar-refractivity contribution in [3.63, 3.8) is 0 Å². The molecule has 0 aliphatic heterocycles. The van der Waals surface area contributed by atoms with E-state index in [1.165, 1.54) is 0 Å². The molecule has 0 radical (unpaired) electrons. The van der Waals surface area contributed by atoms with E-state index in [-0.39, 0.29) is 29.9 Å². The number of nitrogens with zero attached hydrogens (tertiary/aromatic N) is 2. The van der Waals surface area contributed by atoms with Crippen LogP contribution in [0.1, 0.15) is 15.9 Å². The number of carbonyl (C=O) groups excluding carboxylic acids is 1. The molecule has 134 valence electrons. The van der Waals surface area contributed by atoms with Crippen molar-refractivity contribution in [2.24, 2.45) is 4.99 Å². The van der Waals surface area contributed by atoms with Crippen LogP contribution in [0.5, 0.6) is 0 Å². The summed E-state index contributed by atoms with van der Waals surface area (Å²) in [5, 5.41) is 6.15. The molecule has 0 saturated heterocycles. The number of guanidine groups is 1. The molecule has 2 rings (SSSR count). The molecule has 0 saturated carbocycles. The third-order valence-electron chi connectivity index (χ3n) is 3.41. The second-order valence-corrected chi connectivity index (χ2v) is 5.57. The molecule has 5 nitrogen and oxygen atoms in total. The summed E-state index contributed by atoms with van der Waals surface area (Å²) in [6.07, 6.45) is 0. The molecule has 2 N–H and O–H groups in total. The van der Waals surface area contributed by atoms with Gasteiger partial charge in [-0.1, -0.05) is 48.5 Å². The summed E-state index contributed by atoms with van der Waals surface area (Å²) in [6.45, 7) is 1.77. The number of hydrogen-bond donors (Lipinski definition) is 2. The van der Waals surface area contributed by atoms with Gasteiger partial charge in [-0.15, -0.1) is 24.0 Å². The molecular formula is C19H25IN4O. The minimum absolute atomic E-state index is 0. The third kappa shape index (κ3) is 7.55. The Morgan fingerprint density at radius 1 is 0.920 bits per heavy atom. The van der Waals surface area contributed by atoms with Crippen molar-refractivity contribution in [1.82, 2.24) is 15.5 Å². The van der Waals surface area contributed by atoms with E-state index in [0.717, 1.165) is 11.5 Å². The molecule has 0 heterocycles. The third-order valence-corrected chi connectivity index (χ3v) is 3.41. The number of amides is 1. The zero-order valence-corrected chi connectivity index (χ0v) is 16.9. The predicted octanol–water partition coefficient (Wildman–Crippen LogP) is 2.74. The highest BCUT2D eigenvalue weighted by molar-refractivity contribution is 14.0. The first-order valence-electron chi connectivity index (χ1n) is 7.99. The maximum absolute atomic E-state index is 12.0. The Morgan fingerprint density at radius 3 is 2.08 bits per heavy atom. The molecule has 0 aromatic heterocycles. The summed E-state index contributed by atoms with van der Waals surface area (Å²) in [4.78, 5) is 18.5. The van der Waals surface area contributed by atoms with Gasteiger partial charge in [0.25, 0.3) is 5.91 Å². The monoisotopic (exact) mass is 452 g/mol. The molecule has 6 heteroatoms. The van der Waals surface area contributed by atoms with E-state index in [0.29, 0.717) is 25.2 Å². The van der Waals surface area contributed by atoms with Crippen LogP contribution >= 0.6 is 24.0 Å². The normalized spacial score (nSPS) is 10.6. The van der Waals surface area contributed by atoms with Crippen LogP contribution in [0.2, 0.25) is 0 Å². The summed E-state index contributed by atoms with van der Waals surface area (Å²) in [6, 6.07) is 19.3. The van der Waals surface area contributed by atoms with Crippen LogP contribution in [0.3, 0.4) is 0 Å². The SMILES string of the molecule is CN(C)C(=NCc1ccccc1)NCCNC(=O)c1ccccc1.I. The number of benzene rings is 2. The van der Waals surface area contributed by atoms with Crippen molar-refractivity contribution in [1.29, 1.82) is 0 Å². The van der Waals surface area contributed by atoms with Gasteiger partial charge < -0.3 is 15.5 Å². The maximum Gasteiger partial charge on any atom is 0.251 e. The molecule has 0 fully saturated rings. The van der Waals surface area contributed by atoms with Gasteiger partial charge in [-0.05, 0) is 17.7 Å². The Labute approximate surface area is 166 Å². The maximum atomic E-state index is 12.0. The predicted molar refractivity (Wildman–Crippen MR) is 113 cm³/mol. The fourth-order valence-corrected chi connectivity index (χ4v) is 2.15. The number of halogens is 1. The molecule has 2 aromatic rings. The Hall–Kier alpha value is -2.09. The Bertz CT molecular complexity index is 660. The smallest absolute Gasteiger partial charge is 0.251 e. The lowest BCUT2D eigenvalue weighted by molar-refractivity contribution is 0.0954. The molecule has 25 heavy (non-hydrogen) atoms. The highest BCUT2D eigenvalue weighted by Gasteiger charge is 2.04. The quantitative estimate of drug-likeness (QED) is 0.307. The van der Waals surface area contributed by atoms with Crippen LogP contribution in [0.4, 0.5) is 0 Å². The Kier molecular flexibility index (Phi) is 9.61. The van der Waals surface area contributed by atoms with E-state index in [2.05, 4.69) is 27.8 Å². The molecule has 0 aliphatic rings. The molecule has 0 atom stereocenters. The first-order chi connectivity index (χ1) is 11.7. The van der Waals surface area contributed by atoms with Crippen LogP contribution in [0, 0.1) is 0 Å². The van der Waals surface area contributed by atoms with Crippen molar-refractivity contribution >= 4 is 35.8 Å². The van der Waals surface area contributed by atoms with Gasteiger partial charge in [-0.2, -0.15) is 0 Å². The van der Waals surface area contributed by atoms with Crippen LogP contribution < -0.4 is 10.6 Å². The molecule has 0 spiro atoms. The fraction of sp³-hybridized carbons (Fsp3) is 0.263. The van der Waals surface area contributed by atoms with Gasteiger partial charge in [0, 0.05) is 32.7 Å². The number of nitrogens with one attached hydrogen (secondary N) is 2. The molecule has 2 aromatic carbocycles. The molecule has 1 amide bonds. The van der Waals surface area contributed by atoms with Gasteiger partial charge in [0.05, 0.1) is 6.54 Å². The summed E-state index contributed by atoms with van der Waals surface area (Å²) in [5.41, 5.74) is 1.83. The van der Waals surface area contributed by atoms with E-state index in [1.54, 1.807) is 12.1 Å². The molecule has 0 unspecified atom stereocenters. The van der Waals surface area contributed by atoms with Crippen molar-refractivity contribution in [2.75, 3.05) is 27.2 Å². The summed E-state index contributed by atoms with van der Waals surface area (Å²) in [7, 11) is 3.89. The molecule has 0 bridgehead atoms. The Morgan fingerprint density at radius 2 is 1.48 bits per heavy atom. The van der Waals surface area contributed by atoms with Gasteiger partial charge in [0.2, 0.25) is 0 Å².